The highest BCUT2D eigenvalue weighted by Gasteiger charge is 2.47. The summed E-state index contributed by atoms with van der Waals surface area (Å²) in [5, 5.41) is 13.6. The van der Waals surface area contributed by atoms with Crippen LogP contribution in [0.15, 0.2) is 30.5 Å². The lowest BCUT2D eigenvalue weighted by Crippen LogP contribution is -2.46. The molecule has 0 bridgehead atoms. The molecule has 1 aliphatic heterocycles. The minimum Gasteiger partial charge on any atom is -0.493 e. The van der Waals surface area contributed by atoms with Crippen molar-refractivity contribution in [3.8, 4) is 5.75 Å². The van der Waals surface area contributed by atoms with Crippen LogP contribution in [0.3, 0.4) is 0 Å². The summed E-state index contributed by atoms with van der Waals surface area (Å²) in [6, 6.07) is 5.75. The number of amides is 1. The number of hydrogen-bond donors (Lipinski definition) is 2. The minimum absolute atomic E-state index is 0.107. The molecule has 1 aromatic heterocycles. The summed E-state index contributed by atoms with van der Waals surface area (Å²) in [6.07, 6.45) is 1.05. The van der Waals surface area contributed by atoms with Gasteiger partial charge in [-0.15, -0.1) is 0 Å². The first-order chi connectivity index (χ1) is 12.9. The number of aromatic nitrogens is 1. The second-order valence-corrected chi connectivity index (χ2v) is 7.60. The van der Waals surface area contributed by atoms with E-state index >= 15 is 4.39 Å². The van der Waals surface area contributed by atoms with Crippen molar-refractivity contribution in [2.45, 2.75) is 37.1 Å². The van der Waals surface area contributed by atoms with E-state index in [9.17, 15) is 9.90 Å². The number of carbonyl (C=O) groups is 1. The Bertz CT molecular complexity index is 911. The molecule has 0 saturated heterocycles. The van der Waals surface area contributed by atoms with Gasteiger partial charge in [0, 0.05) is 28.8 Å². The number of aliphatic hydroxyl groups excluding tert-OH is 1. The van der Waals surface area contributed by atoms with Crippen LogP contribution in [0.5, 0.6) is 5.75 Å². The van der Waals surface area contributed by atoms with Gasteiger partial charge in [0.2, 0.25) is 5.67 Å². The fourth-order valence-electron chi connectivity index (χ4n) is 3.73. The third-order valence-electron chi connectivity index (χ3n) is 5.08. The molecule has 3 unspecified atom stereocenters. The molecule has 27 heavy (non-hydrogen) atoms. The van der Waals surface area contributed by atoms with Crippen LogP contribution in [-0.2, 0) is 10.5 Å². The number of rotatable bonds is 2. The number of pyridine rings is 1. The smallest absolute Gasteiger partial charge is 0.262 e. The van der Waals surface area contributed by atoms with Gasteiger partial charge in [-0.2, -0.15) is 0 Å². The lowest BCUT2D eigenvalue weighted by atomic mass is 9.80. The highest BCUT2D eigenvalue weighted by molar-refractivity contribution is 6.35. The molecule has 0 saturated carbocycles. The van der Waals surface area contributed by atoms with Crippen molar-refractivity contribution >= 4 is 29.1 Å². The van der Waals surface area contributed by atoms with Crippen LogP contribution in [0.4, 0.5) is 4.39 Å². The molecule has 3 atom stereocenters. The second-order valence-electron chi connectivity index (χ2n) is 6.75. The average Bonchev–Trinajstić information content (AvgIpc) is 2.64. The molecule has 1 aliphatic carbocycles. The number of ether oxygens (including phenoxy) is 1. The third-order valence-corrected chi connectivity index (χ3v) is 5.61. The Kier molecular flexibility index (Phi) is 4.74. The van der Waals surface area contributed by atoms with Gasteiger partial charge in [-0.1, -0.05) is 29.3 Å². The molecule has 2 aromatic rings. The molecule has 0 fully saturated rings. The lowest BCUT2D eigenvalue weighted by Gasteiger charge is -2.35. The second kappa shape index (κ2) is 6.93. The van der Waals surface area contributed by atoms with Crippen molar-refractivity contribution in [3.63, 3.8) is 0 Å². The van der Waals surface area contributed by atoms with Crippen molar-refractivity contribution < 1.29 is 19.0 Å². The van der Waals surface area contributed by atoms with E-state index in [0.717, 1.165) is 0 Å². The molecule has 142 valence electrons. The Morgan fingerprint density at radius 2 is 2.19 bits per heavy atom. The van der Waals surface area contributed by atoms with Crippen LogP contribution in [0.1, 0.15) is 48.2 Å². The van der Waals surface area contributed by atoms with Crippen LogP contribution in [-0.4, -0.2) is 22.6 Å². The highest BCUT2D eigenvalue weighted by Crippen LogP contribution is 2.44. The molecule has 0 spiro atoms. The van der Waals surface area contributed by atoms with Crippen LogP contribution < -0.4 is 10.1 Å². The predicted octanol–water partition coefficient (Wildman–Crippen LogP) is 4.02. The van der Waals surface area contributed by atoms with Gasteiger partial charge in [0.25, 0.3) is 5.91 Å². The van der Waals surface area contributed by atoms with Crippen molar-refractivity contribution in [1.82, 2.24) is 10.3 Å². The van der Waals surface area contributed by atoms with E-state index in [1.54, 1.807) is 18.2 Å². The van der Waals surface area contributed by atoms with Gasteiger partial charge in [-0.3, -0.25) is 9.78 Å². The molecule has 2 aliphatic rings. The van der Waals surface area contributed by atoms with Gasteiger partial charge in [0.15, 0.2) is 0 Å². The fourth-order valence-corrected chi connectivity index (χ4v) is 4.33. The van der Waals surface area contributed by atoms with Crippen molar-refractivity contribution in [2.24, 2.45) is 0 Å². The fraction of sp³-hybridized carbons (Fsp3) is 0.368. The first kappa shape index (κ1) is 18.5. The summed E-state index contributed by atoms with van der Waals surface area (Å²) in [7, 11) is 0. The van der Waals surface area contributed by atoms with Crippen LogP contribution >= 0.6 is 23.2 Å². The molecule has 1 amide bonds. The molecule has 2 N–H and O–H groups in total. The highest BCUT2D eigenvalue weighted by atomic mass is 35.5. The van der Waals surface area contributed by atoms with E-state index in [-0.39, 0.29) is 24.1 Å². The van der Waals surface area contributed by atoms with Crippen molar-refractivity contribution in [2.75, 3.05) is 6.61 Å². The third kappa shape index (κ3) is 3.16. The Labute approximate surface area is 165 Å². The number of fused-ring (bicyclic) bond motifs is 2. The largest absolute Gasteiger partial charge is 0.493 e. The van der Waals surface area contributed by atoms with E-state index in [0.29, 0.717) is 34.4 Å². The maximum absolute atomic E-state index is 15.8. The SMILES string of the molecule is O=C(NC1CCOc2cc(Cl)cc(Cl)c21)C1(F)CCC(O)c2ncccc21. The van der Waals surface area contributed by atoms with E-state index in [1.165, 1.54) is 12.3 Å². The predicted molar refractivity (Wildman–Crippen MR) is 98.7 cm³/mol. The number of nitrogens with one attached hydrogen (secondary N) is 1. The Hall–Kier alpha value is -1.89. The Balaban J connectivity index is 1.66. The number of halogens is 3. The maximum Gasteiger partial charge on any atom is 0.262 e. The van der Waals surface area contributed by atoms with E-state index in [1.807, 2.05) is 0 Å². The molecule has 0 radical (unpaired) electrons. The zero-order valence-electron chi connectivity index (χ0n) is 14.2. The zero-order chi connectivity index (χ0) is 19.2. The monoisotopic (exact) mass is 410 g/mol. The number of alkyl halides is 1. The van der Waals surface area contributed by atoms with E-state index in [2.05, 4.69) is 10.3 Å². The van der Waals surface area contributed by atoms with Gasteiger partial charge < -0.3 is 15.2 Å². The first-order valence-electron chi connectivity index (χ1n) is 8.65. The van der Waals surface area contributed by atoms with Gasteiger partial charge in [0.1, 0.15) is 5.75 Å². The summed E-state index contributed by atoms with van der Waals surface area (Å²) in [6.45, 7) is 0.352. The van der Waals surface area contributed by atoms with Crippen molar-refractivity contribution in [1.29, 1.82) is 0 Å². The topological polar surface area (TPSA) is 71.5 Å². The average molecular weight is 411 g/mol. The molecule has 8 heteroatoms. The lowest BCUT2D eigenvalue weighted by molar-refractivity contribution is -0.136. The molecule has 1 aromatic carbocycles. The Morgan fingerprint density at radius 3 is 3.00 bits per heavy atom. The molecular formula is C19H17Cl2FN2O3. The van der Waals surface area contributed by atoms with Gasteiger partial charge in [-0.05, 0) is 31.0 Å². The summed E-state index contributed by atoms with van der Waals surface area (Å²) in [5.74, 6) is -0.286. The molecule has 4 rings (SSSR count). The summed E-state index contributed by atoms with van der Waals surface area (Å²) >= 11 is 12.3. The molecule has 2 heterocycles. The zero-order valence-corrected chi connectivity index (χ0v) is 15.7. The number of nitrogens with zero attached hydrogens (tertiary/aromatic N) is 1. The van der Waals surface area contributed by atoms with Gasteiger partial charge >= 0.3 is 0 Å². The van der Waals surface area contributed by atoms with E-state index < -0.39 is 23.7 Å². The van der Waals surface area contributed by atoms with Gasteiger partial charge in [0.05, 0.1) is 29.5 Å². The van der Waals surface area contributed by atoms with Crippen LogP contribution in [0.2, 0.25) is 10.0 Å². The van der Waals surface area contributed by atoms with Crippen LogP contribution in [0.25, 0.3) is 0 Å². The number of benzene rings is 1. The van der Waals surface area contributed by atoms with E-state index in [4.69, 9.17) is 27.9 Å². The first-order valence-corrected chi connectivity index (χ1v) is 9.41. The van der Waals surface area contributed by atoms with Crippen LogP contribution in [0, 0.1) is 0 Å². The van der Waals surface area contributed by atoms with Gasteiger partial charge in [-0.25, -0.2) is 4.39 Å². The standard InChI is InChI=1S/C19H17Cl2FN2O3/c20-10-8-12(21)16-13(4-7-27-15(16)9-10)24-18(26)19(22)5-3-14(25)17-11(19)2-1-6-23-17/h1-2,6,8-9,13-14,25H,3-5,7H2,(H,24,26). The number of carbonyl (C=O) groups excluding carboxylic acids is 1. The molecule has 5 nitrogen and oxygen atoms in total. The normalized spacial score (nSPS) is 26.5. The number of aliphatic hydroxyl groups is 1. The Morgan fingerprint density at radius 1 is 1.37 bits per heavy atom. The maximum atomic E-state index is 15.8. The number of hydrogen-bond acceptors (Lipinski definition) is 4. The molecular weight excluding hydrogens is 394 g/mol. The minimum atomic E-state index is -2.26. The summed E-state index contributed by atoms with van der Waals surface area (Å²) in [5.41, 5.74) is -1.36. The summed E-state index contributed by atoms with van der Waals surface area (Å²) in [4.78, 5) is 17.0. The van der Waals surface area contributed by atoms with Crippen molar-refractivity contribution in [3.05, 3.63) is 57.3 Å². The summed E-state index contributed by atoms with van der Waals surface area (Å²) < 4.78 is 21.4. The quantitative estimate of drug-likeness (QED) is 0.783.